The second kappa shape index (κ2) is 6.89. The fourth-order valence-electron chi connectivity index (χ4n) is 2.25. The molecule has 0 heterocycles. The minimum absolute atomic E-state index is 0.229. The Bertz CT molecular complexity index is 634. The third-order valence-electron chi connectivity index (χ3n) is 3.47. The summed E-state index contributed by atoms with van der Waals surface area (Å²) in [4.78, 5) is 0. The smallest absolute Gasteiger partial charge is 0.126 e. The summed E-state index contributed by atoms with van der Waals surface area (Å²) in [6, 6.07) is 10.1. The van der Waals surface area contributed by atoms with Crippen molar-refractivity contribution in [1.29, 1.82) is 0 Å². The molecule has 2 aromatic rings. The number of nitrogens with one attached hydrogen (secondary N) is 1. The summed E-state index contributed by atoms with van der Waals surface area (Å²) < 4.78 is 19.1. The van der Waals surface area contributed by atoms with Gasteiger partial charge in [0.25, 0.3) is 0 Å². The van der Waals surface area contributed by atoms with E-state index in [1.165, 1.54) is 12.1 Å². The van der Waals surface area contributed by atoms with E-state index in [4.69, 9.17) is 22.2 Å². The molecular weight excluding hydrogens is 291 g/mol. The molecule has 0 radical (unpaired) electrons. The van der Waals surface area contributed by atoms with E-state index in [-0.39, 0.29) is 11.9 Å². The Morgan fingerprint density at radius 2 is 2.05 bits per heavy atom. The number of benzene rings is 2. The first kappa shape index (κ1) is 15.8. The van der Waals surface area contributed by atoms with Crippen LogP contribution in [0.5, 0.6) is 5.75 Å². The summed E-state index contributed by atoms with van der Waals surface area (Å²) in [6.45, 7) is 1.96. The molecule has 0 saturated heterocycles. The lowest BCUT2D eigenvalue weighted by Gasteiger charge is -2.18. The molecule has 3 nitrogen and oxygen atoms in total. The van der Waals surface area contributed by atoms with Crippen molar-refractivity contribution in [3.8, 4) is 5.75 Å². The maximum atomic E-state index is 13.8. The second-order valence-corrected chi connectivity index (χ2v) is 5.32. The molecule has 2 rings (SSSR count). The molecule has 0 saturated carbocycles. The standard InChI is InChI=1S/C16H18ClFN2O/c1-10-3-4-11(9-16(10)21-2)15(20-19)8-12-7-13(17)5-6-14(12)18/h3-7,9,15,20H,8,19H2,1-2H3. The summed E-state index contributed by atoms with van der Waals surface area (Å²) in [6.07, 6.45) is 0.398. The maximum Gasteiger partial charge on any atom is 0.126 e. The lowest BCUT2D eigenvalue weighted by atomic mass is 9.98. The predicted octanol–water partition coefficient (Wildman–Crippen LogP) is 3.54. The molecule has 0 aliphatic heterocycles. The molecule has 0 amide bonds. The van der Waals surface area contributed by atoms with Gasteiger partial charge in [0.05, 0.1) is 13.2 Å². The lowest BCUT2D eigenvalue weighted by Crippen LogP contribution is -2.29. The highest BCUT2D eigenvalue weighted by atomic mass is 35.5. The number of rotatable bonds is 5. The number of nitrogens with two attached hydrogens (primary N) is 1. The van der Waals surface area contributed by atoms with Crippen molar-refractivity contribution in [2.24, 2.45) is 5.84 Å². The highest BCUT2D eigenvalue weighted by Gasteiger charge is 2.15. The molecule has 5 heteroatoms. The highest BCUT2D eigenvalue weighted by Crippen LogP contribution is 2.26. The Balaban J connectivity index is 2.29. The van der Waals surface area contributed by atoms with Gasteiger partial charge in [0.1, 0.15) is 11.6 Å². The Morgan fingerprint density at radius 3 is 2.71 bits per heavy atom. The molecule has 2 aromatic carbocycles. The monoisotopic (exact) mass is 308 g/mol. The number of hydrogen-bond acceptors (Lipinski definition) is 3. The van der Waals surface area contributed by atoms with Crippen molar-refractivity contribution in [3.05, 3.63) is 63.9 Å². The van der Waals surface area contributed by atoms with Gasteiger partial charge >= 0.3 is 0 Å². The van der Waals surface area contributed by atoms with Gasteiger partial charge in [0, 0.05) is 5.02 Å². The van der Waals surface area contributed by atoms with Crippen LogP contribution in [0.15, 0.2) is 36.4 Å². The quantitative estimate of drug-likeness (QED) is 0.656. The van der Waals surface area contributed by atoms with Gasteiger partial charge in [-0.05, 0) is 54.3 Å². The molecule has 1 atom stereocenters. The van der Waals surface area contributed by atoms with Crippen molar-refractivity contribution in [2.75, 3.05) is 7.11 Å². The Morgan fingerprint density at radius 1 is 1.29 bits per heavy atom. The van der Waals surface area contributed by atoms with E-state index < -0.39 is 0 Å². The van der Waals surface area contributed by atoms with Gasteiger partial charge in [-0.2, -0.15) is 0 Å². The zero-order chi connectivity index (χ0) is 15.4. The minimum Gasteiger partial charge on any atom is -0.496 e. The van der Waals surface area contributed by atoms with E-state index in [9.17, 15) is 4.39 Å². The molecule has 0 spiro atoms. The molecule has 1 unspecified atom stereocenters. The van der Waals surface area contributed by atoms with Crippen LogP contribution < -0.4 is 16.0 Å². The number of halogens is 2. The van der Waals surface area contributed by atoms with E-state index in [0.717, 1.165) is 16.9 Å². The molecule has 0 aliphatic rings. The lowest BCUT2D eigenvalue weighted by molar-refractivity contribution is 0.409. The number of aryl methyl sites for hydroxylation is 1. The van der Waals surface area contributed by atoms with Gasteiger partial charge in [0.15, 0.2) is 0 Å². The number of hydrogen-bond donors (Lipinski definition) is 2. The fourth-order valence-corrected chi connectivity index (χ4v) is 2.44. The van der Waals surface area contributed by atoms with E-state index in [2.05, 4.69) is 5.43 Å². The van der Waals surface area contributed by atoms with Gasteiger partial charge in [0.2, 0.25) is 0 Å². The summed E-state index contributed by atoms with van der Waals surface area (Å²) >= 11 is 5.92. The van der Waals surface area contributed by atoms with Gasteiger partial charge < -0.3 is 4.74 Å². The van der Waals surface area contributed by atoms with Crippen molar-refractivity contribution >= 4 is 11.6 Å². The molecule has 3 N–H and O–H groups in total. The van der Waals surface area contributed by atoms with Gasteiger partial charge in [-0.1, -0.05) is 23.7 Å². The average molecular weight is 309 g/mol. The third-order valence-corrected chi connectivity index (χ3v) is 3.70. The zero-order valence-electron chi connectivity index (χ0n) is 12.0. The Kier molecular flexibility index (Phi) is 5.17. The van der Waals surface area contributed by atoms with E-state index in [1.54, 1.807) is 13.2 Å². The van der Waals surface area contributed by atoms with Crippen LogP contribution in [0.1, 0.15) is 22.7 Å². The first-order chi connectivity index (χ1) is 10.0. The van der Waals surface area contributed by atoms with Gasteiger partial charge in [-0.25, -0.2) is 4.39 Å². The van der Waals surface area contributed by atoms with E-state index >= 15 is 0 Å². The number of methoxy groups -OCH3 is 1. The molecule has 21 heavy (non-hydrogen) atoms. The van der Waals surface area contributed by atoms with Crippen LogP contribution in [-0.2, 0) is 6.42 Å². The summed E-state index contributed by atoms with van der Waals surface area (Å²) in [7, 11) is 1.62. The normalized spacial score (nSPS) is 12.2. The van der Waals surface area contributed by atoms with Gasteiger partial charge in [-0.15, -0.1) is 0 Å². The second-order valence-electron chi connectivity index (χ2n) is 4.89. The topological polar surface area (TPSA) is 47.3 Å². The van der Waals surface area contributed by atoms with Crippen LogP contribution >= 0.6 is 11.6 Å². The number of ether oxygens (including phenoxy) is 1. The van der Waals surface area contributed by atoms with Crippen molar-refractivity contribution in [1.82, 2.24) is 5.43 Å². The highest BCUT2D eigenvalue weighted by molar-refractivity contribution is 6.30. The summed E-state index contributed by atoms with van der Waals surface area (Å²) in [5.74, 6) is 6.11. The van der Waals surface area contributed by atoms with Crippen LogP contribution in [0.25, 0.3) is 0 Å². The van der Waals surface area contributed by atoms with Crippen LogP contribution in [0.3, 0.4) is 0 Å². The summed E-state index contributed by atoms with van der Waals surface area (Å²) in [5.41, 5.74) is 5.20. The van der Waals surface area contributed by atoms with Crippen LogP contribution in [0.4, 0.5) is 4.39 Å². The third kappa shape index (κ3) is 3.73. The fraction of sp³-hybridized carbons (Fsp3) is 0.250. The molecule has 0 aromatic heterocycles. The number of hydrazine groups is 1. The van der Waals surface area contributed by atoms with Crippen molar-refractivity contribution < 1.29 is 9.13 Å². The van der Waals surface area contributed by atoms with Gasteiger partial charge in [-0.3, -0.25) is 11.3 Å². The Hall–Kier alpha value is -1.62. The van der Waals surface area contributed by atoms with E-state index in [1.807, 2.05) is 25.1 Å². The average Bonchev–Trinajstić information content (AvgIpc) is 2.49. The van der Waals surface area contributed by atoms with Crippen LogP contribution in [0, 0.1) is 12.7 Å². The van der Waals surface area contributed by atoms with Crippen LogP contribution in [-0.4, -0.2) is 7.11 Å². The van der Waals surface area contributed by atoms with Crippen molar-refractivity contribution in [2.45, 2.75) is 19.4 Å². The first-order valence-electron chi connectivity index (χ1n) is 6.59. The SMILES string of the molecule is COc1cc(C(Cc2cc(Cl)ccc2F)NN)ccc1C. The first-order valence-corrected chi connectivity index (χ1v) is 6.97. The van der Waals surface area contributed by atoms with E-state index in [0.29, 0.717) is 17.0 Å². The van der Waals surface area contributed by atoms with Crippen LogP contribution in [0.2, 0.25) is 5.02 Å². The molecule has 0 fully saturated rings. The minimum atomic E-state index is -0.293. The summed E-state index contributed by atoms with van der Waals surface area (Å²) in [5, 5.41) is 0.503. The zero-order valence-corrected chi connectivity index (χ0v) is 12.7. The largest absolute Gasteiger partial charge is 0.496 e. The maximum absolute atomic E-state index is 13.8. The molecule has 0 aliphatic carbocycles. The molecule has 112 valence electrons. The van der Waals surface area contributed by atoms with Crippen molar-refractivity contribution in [3.63, 3.8) is 0 Å². The molecule has 0 bridgehead atoms. The Labute approximate surface area is 128 Å². The molecular formula is C16H18ClFN2O. The predicted molar refractivity (Wildman–Crippen MR) is 82.9 cm³/mol.